The van der Waals surface area contributed by atoms with Gasteiger partial charge in [0.1, 0.15) is 11.6 Å². The molecule has 214 valence electrons. The number of hydrogen-bond acceptors (Lipinski definition) is 10. The maximum absolute atomic E-state index is 14.1. The van der Waals surface area contributed by atoms with E-state index >= 15 is 0 Å². The van der Waals surface area contributed by atoms with Crippen molar-refractivity contribution in [1.82, 2.24) is 9.97 Å². The Morgan fingerprint density at radius 2 is 1.83 bits per heavy atom. The largest absolute Gasteiger partial charge is 0.493 e. The maximum atomic E-state index is 14.1. The Balaban J connectivity index is 1.67. The van der Waals surface area contributed by atoms with Crippen LogP contribution in [0.1, 0.15) is 5.56 Å². The average Bonchev–Trinajstić information content (AvgIpc) is 2.96. The van der Waals surface area contributed by atoms with Crippen LogP contribution in [0.4, 0.5) is 27.3 Å². The third-order valence-electron chi connectivity index (χ3n) is 5.61. The lowest BCUT2D eigenvalue weighted by molar-refractivity contribution is -0.384. The Morgan fingerprint density at radius 1 is 1.14 bits per heavy atom. The highest BCUT2D eigenvalue weighted by Gasteiger charge is 2.18. The average molecular weight is 629 g/mol. The van der Waals surface area contributed by atoms with Crippen molar-refractivity contribution in [2.75, 3.05) is 30.6 Å². The normalized spacial score (nSPS) is 10.9. The number of nitro benzene ring substituents is 1. The molecule has 1 amide bonds. The van der Waals surface area contributed by atoms with Gasteiger partial charge >= 0.3 is 0 Å². The summed E-state index contributed by atoms with van der Waals surface area (Å²) in [7, 11) is 2.95. The molecule has 4 rings (SSSR count). The minimum absolute atomic E-state index is 0.160. The minimum Gasteiger partial charge on any atom is -0.493 e. The lowest BCUT2D eigenvalue weighted by Crippen LogP contribution is -2.15. The number of methoxy groups -OCH3 is 2. The molecule has 4 aromatic rings. The highest BCUT2D eigenvalue weighted by molar-refractivity contribution is 7.99. The molecule has 0 radical (unpaired) electrons. The van der Waals surface area contributed by atoms with Crippen LogP contribution in [0, 0.1) is 27.3 Å². The number of anilines is 3. The summed E-state index contributed by atoms with van der Waals surface area (Å²) in [5, 5.41) is 26.4. The van der Waals surface area contributed by atoms with E-state index in [1.807, 2.05) is 6.07 Å². The number of hydrogen-bond donors (Lipinski definition) is 2. The van der Waals surface area contributed by atoms with E-state index in [1.54, 1.807) is 30.3 Å². The molecule has 0 aliphatic rings. The van der Waals surface area contributed by atoms with Gasteiger partial charge in [-0.15, -0.1) is 0 Å². The van der Waals surface area contributed by atoms with E-state index in [2.05, 4.69) is 20.6 Å². The van der Waals surface area contributed by atoms with Crippen LogP contribution in [0.15, 0.2) is 53.7 Å². The molecule has 0 atom stereocenters. The summed E-state index contributed by atoms with van der Waals surface area (Å²) in [6.45, 7) is 0. The van der Waals surface area contributed by atoms with Gasteiger partial charge in [-0.05, 0) is 35.9 Å². The summed E-state index contributed by atoms with van der Waals surface area (Å²) in [6, 6.07) is 11.2. The molecule has 0 aliphatic carbocycles. The number of carbonyl (C=O) groups excluding carboxylic acids is 1. The van der Waals surface area contributed by atoms with Gasteiger partial charge in [-0.3, -0.25) is 14.9 Å². The monoisotopic (exact) mass is 628 g/mol. The number of fused-ring (bicyclic) bond motifs is 1. The molecule has 0 aliphatic heterocycles. The summed E-state index contributed by atoms with van der Waals surface area (Å²) in [5.74, 6) is -0.633. The summed E-state index contributed by atoms with van der Waals surface area (Å²) in [5.41, 5.74) is 0.670. The lowest BCUT2D eigenvalue weighted by Gasteiger charge is -2.15. The molecular weight excluding hydrogens is 610 g/mol. The number of ether oxygens (including phenoxy) is 2. The smallest absolute Gasteiger partial charge is 0.271 e. The highest BCUT2D eigenvalue weighted by Crippen LogP contribution is 2.39. The summed E-state index contributed by atoms with van der Waals surface area (Å²) >= 11 is 13.9. The number of carbonyl (C=O) groups is 1. The van der Waals surface area contributed by atoms with Crippen molar-refractivity contribution in [1.29, 1.82) is 5.26 Å². The molecule has 15 heteroatoms. The quantitative estimate of drug-likeness (QED) is 0.0616. The second kappa shape index (κ2) is 13.3. The van der Waals surface area contributed by atoms with Gasteiger partial charge in [0, 0.05) is 29.7 Å². The van der Waals surface area contributed by atoms with Crippen molar-refractivity contribution < 1.29 is 23.6 Å². The summed E-state index contributed by atoms with van der Waals surface area (Å²) in [4.78, 5) is 32.0. The fourth-order valence-electron chi connectivity index (χ4n) is 3.69. The first kappa shape index (κ1) is 30.3. The lowest BCUT2D eigenvalue weighted by atomic mass is 10.1. The van der Waals surface area contributed by atoms with Gasteiger partial charge in [0.2, 0.25) is 5.91 Å². The molecule has 0 unspecified atom stereocenters. The van der Waals surface area contributed by atoms with Crippen LogP contribution in [0.2, 0.25) is 10.0 Å². The van der Waals surface area contributed by atoms with Gasteiger partial charge in [-0.25, -0.2) is 14.4 Å². The molecule has 11 nitrogen and oxygen atoms in total. The standard InChI is InChI=1S/C27H19Cl2FN6O5S/c1-40-22-11-16-20(12-23(22)41-2)33-27(42-13-24(37)32-21-10-15(36(38)39)5-6-19(21)30)35-26(16)34-25-17(28)8-14(4-3-7-31)9-18(25)29/h3-6,8-12H,13H2,1-2H3,(H,32,37)(H,33,34,35)/b4-3+. The first-order valence-corrected chi connectivity index (χ1v) is 13.5. The van der Waals surface area contributed by atoms with Crippen molar-refractivity contribution in [3.8, 4) is 17.6 Å². The van der Waals surface area contributed by atoms with Crippen molar-refractivity contribution in [2.24, 2.45) is 0 Å². The zero-order valence-electron chi connectivity index (χ0n) is 21.8. The van der Waals surface area contributed by atoms with Gasteiger partial charge in [0.25, 0.3) is 5.69 Å². The van der Waals surface area contributed by atoms with Crippen molar-refractivity contribution in [3.05, 3.63) is 80.1 Å². The number of nitrogens with one attached hydrogen (secondary N) is 2. The summed E-state index contributed by atoms with van der Waals surface area (Å²) < 4.78 is 25.0. The number of nitrogens with zero attached hydrogens (tertiary/aromatic N) is 4. The zero-order chi connectivity index (χ0) is 30.4. The van der Waals surface area contributed by atoms with Crippen LogP contribution in [-0.4, -0.2) is 40.8 Å². The molecule has 3 aromatic carbocycles. The Labute approximate surface area is 252 Å². The van der Waals surface area contributed by atoms with Crippen molar-refractivity contribution >= 4 is 80.7 Å². The SMILES string of the molecule is COc1cc2nc(SCC(=O)Nc3cc([N+](=O)[O-])ccc3F)nc(Nc3c(Cl)cc(/C=C/C#N)cc3Cl)c2cc1OC. The Morgan fingerprint density at radius 3 is 2.48 bits per heavy atom. The first-order chi connectivity index (χ1) is 20.1. The van der Waals surface area contributed by atoms with Crippen LogP contribution in [-0.2, 0) is 4.79 Å². The van der Waals surface area contributed by atoms with Crippen LogP contribution in [0.25, 0.3) is 17.0 Å². The second-order valence-corrected chi connectivity index (χ2v) is 10.0. The van der Waals surface area contributed by atoms with E-state index in [0.717, 1.165) is 30.0 Å². The number of halogens is 3. The van der Waals surface area contributed by atoms with Gasteiger partial charge < -0.3 is 20.1 Å². The Kier molecular flexibility index (Phi) is 9.64. The zero-order valence-corrected chi connectivity index (χ0v) is 24.1. The van der Waals surface area contributed by atoms with E-state index < -0.39 is 16.6 Å². The van der Waals surface area contributed by atoms with E-state index in [0.29, 0.717) is 33.7 Å². The molecule has 2 N–H and O–H groups in total. The second-order valence-electron chi connectivity index (χ2n) is 8.28. The predicted molar refractivity (Wildman–Crippen MR) is 159 cm³/mol. The van der Waals surface area contributed by atoms with Crippen LogP contribution in [0.5, 0.6) is 11.5 Å². The number of benzene rings is 3. The number of non-ortho nitro benzene ring substituents is 1. The van der Waals surface area contributed by atoms with E-state index in [9.17, 15) is 19.3 Å². The molecule has 0 spiro atoms. The van der Waals surface area contributed by atoms with E-state index in [4.69, 9.17) is 37.9 Å². The fraction of sp³-hybridized carbons (Fsp3) is 0.111. The number of aromatic nitrogens is 2. The van der Waals surface area contributed by atoms with Crippen molar-refractivity contribution in [3.63, 3.8) is 0 Å². The van der Waals surface area contributed by atoms with Gasteiger partial charge in [-0.1, -0.05) is 35.0 Å². The van der Waals surface area contributed by atoms with Crippen LogP contribution < -0.4 is 20.1 Å². The predicted octanol–water partition coefficient (Wildman–Crippen LogP) is 7.01. The molecule has 0 bridgehead atoms. The van der Waals surface area contributed by atoms with Gasteiger partial charge in [-0.2, -0.15) is 5.26 Å². The number of nitro groups is 1. The number of rotatable bonds is 10. The third-order valence-corrected chi connectivity index (χ3v) is 7.05. The number of nitriles is 1. The van der Waals surface area contributed by atoms with Crippen LogP contribution in [0.3, 0.4) is 0 Å². The van der Waals surface area contributed by atoms with E-state index in [1.165, 1.54) is 20.3 Å². The summed E-state index contributed by atoms with van der Waals surface area (Å²) in [6.07, 6.45) is 2.85. The number of thioether (sulfide) groups is 1. The molecule has 0 fully saturated rings. The highest BCUT2D eigenvalue weighted by atomic mass is 35.5. The number of amides is 1. The topological polar surface area (TPSA) is 152 Å². The van der Waals surface area contributed by atoms with Crippen molar-refractivity contribution in [2.45, 2.75) is 5.16 Å². The molecule has 1 heterocycles. The Hall–Kier alpha value is -4.64. The maximum Gasteiger partial charge on any atom is 0.271 e. The van der Waals surface area contributed by atoms with Gasteiger partial charge in [0.05, 0.1) is 57.9 Å². The van der Waals surface area contributed by atoms with Gasteiger partial charge in [0.15, 0.2) is 16.7 Å². The molecule has 42 heavy (non-hydrogen) atoms. The molecule has 0 saturated heterocycles. The fourth-order valence-corrected chi connectivity index (χ4v) is 4.94. The molecular formula is C27H19Cl2FN6O5S. The van der Waals surface area contributed by atoms with E-state index in [-0.39, 0.29) is 38.1 Å². The third kappa shape index (κ3) is 6.98. The van der Waals surface area contributed by atoms with Crippen LogP contribution >= 0.6 is 35.0 Å². The molecule has 1 aromatic heterocycles. The Bertz CT molecular complexity index is 1760. The minimum atomic E-state index is -0.823. The first-order valence-electron chi connectivity index (χ1n) is 11.8. The number of allylic oxidation sites excluding steroid dienone is 1. The molecule has 0 saturated carbocycles.